The topological polar surface area (TPSA) is 110 Å². The van der Waals surface area contributed by atoms with Gasteiger partial charge in [-0.15, -0.1) is 0 Å². The van der Waals surface area contributed by atoms with Crippen molar-refractivity contribution in [1.29, 1.82) is 5.26 Å². The second-order valence-electron chi connectivity index (χ2n) is 8.02. The highest BCUT2D eigenvalue weighted by Gasteiger charge is 2.40. The van der Waals surface area contributed by atoms with E-state index in [4.69, 9.17) is 10.2 Å². The Morgan fingerprint density at radius 1 is 1.31 bits per heavy atom. The molecule has 5 heterocycles. The first kappa shape index (κ1) is 17.9. The largest absolute Gasteiger partial charge is 0.352 e. The molecule has 2 aliphatic heterocycles. The van der Waals surface area contributed by atoms with Crippen molar-refractivity contribution in [2.75, 3.05) is 17.2 Å². The van der Waals surface area contributed by atoms with E-state index in [0.29, 0.717) is 24.5 Å². The number of nitriles is 1. The zero-order valence-electron chi connectivity index (χ0n) is 16.5. The normalized spacial score (nSPS) is 23.9. The van der Waals surface area contributed by atoms with E-state index in [1.54, 1.807) is 6.20 Å². The van der Waals surface area contributed by atoms with Gasteiger partial charge in [0.15, 0.2) is 11.6 Å². The number of aromatic amines is 1. The van der Waals surface area contributed by atoms with E-state index in [9.17, 15) is 0 Å². The minimum Gasteiger partial charge on any atom is -0.352 e. The molecule has 9 nitrogen and oxygen atoms in total. The lowest BCUT2D eigenvalue weighted by Gasteiger charge is -2.38. The highest BCUT2D eigenvalue weighted by Crippen LogP contribution is 2.37. The molecular weight excluding hydrogens is 366 g/mol. The average molecular weight is 391 g/mol. The van der Waals surface area contributed by atoms with Crippen LogP contribution in [0.25, 0.3) is 5.52 Å². The summed E-state index contributed by atoms with van der Waals surface area (Å²) < 4.78 is 2.04. The smallest absolute Gasteiger partial charge is 0.209 e. The van der Waals surface area contributed by atoms with Gasteiger partial charge in [-0.2, -0.15) is 15.3 Å². The third kappa shape index (κ3) is 3.40. The van der Waals surface area contributed by atoms with Crippen LogP contribution >= 0.6 is 0 Å². The van der Waals surface area contributed by atoms with Gasteiger partial charge in [0.05, 0.1) is 12.3 Å². The fourth-order valence-electron chi connectivity index (χ4n) is 4.85. The van der Waals surface area contributed by atoms with Crippen molar-refractivity contribution in [1.82, 2.24) is 29.5 Å². The van der Waals surface area contributed by atoms with E-state index < -0.39 is 0 Å². The molecule has 0 radical (unpaired) electrons. The van der Waals surface area contributed by atoms with E-state index >= 15 is 0 Å². The van der Waals surface area contributed by atoms with Gasteiger partial charge in [0.2, 0.25) is 5.95 Å². The number of aryl methyl sites for hydroxylation is 1. The van der Waals surface area contributed by atoms with E-state index in [-0.39, 0.29) is 0 Å². The van der Waals surface area contributed by atoms with Crippen LogP contribution in [0.3, 0.4) is 0 Å². The summed E-state index contributed by atoms with van der Waals surface area (Å²) in [5.74, 6) is 2.30. The fourth-order valence-corrected chi connectivity index (χ4v) is 4.85. The lowest BCUT2D eigenvalue weighted by molar-refractivity contribution is 0.135. The van der Waals surface area contributed by atoms with Crippen molar-refractivity contribution < 1.29 is 0 Å². The number of imidazole rings is 1. The van der Waals surface area contributed by atoms with Crippen molar-refractivity contribution in [2.45, 2.75) is 57.2 Å². The molecular formula is C20H25N9. The summed E-state index contributed by atoms with van der Waals surface area (Å²) in [6, 6.07) is 5.75. The van der Waals surface area contributed by atoms with Crippen molar-refractivity contribution in [2.24, 2.45) is 0 Å². The van der Waals surface area contributed by atoms with E-state index in [0.717, 1.165) is 48.2 Å². The fraction of sp³-hybridized carbons (Fsp3) is 0.500. The van der Waals surface area contributed by atoms with Crippen LogP contribution in [0.15, 0.2) is 24.7 Å². The van der Waals surface area contributed by atoms with Gasteiger partial charge in [0.25, 0.3) is 0 Å². The van der Waals surface area contributed by atoms with Crippen LogP contribution in [0.2, 0.25) is 0 Å². The van der Waals surface area contributed by atoms with Crippen LogP contribution in [-0.4, -0.2) is 54.1 Å². The summed E-state index contributed by atoms with van der Waals surface area (Å²) in [6.07, 6.45) is 10.8. The summed E-state index contributed by atoms with van der Waals surface area (Å²) >= 11 is 0. The zero-order chi connectivity index (χ0) is 19.8. The van der Waals surface area contributed by atoms with Crippen molar-refractivity contribution >= 4 is 23.1 Å². The number of nitrogens with zero attached hydrogens (tertiary/aromatic N) is 6. The number of rotatable bonds is 6. The number of nitrogens with one attached hydrogen (secondary N) is 3. The van der Waals surface area contributed by atoms with Crippen LogP contribution in [0.5, 0.6) is 0 Å². The highest BCUT2D eigenvalue weighted by atomic mass is 15.3. The molecule has 2 saturated heterocycles. The minimum absolute atomic E-state index is 0.380. The number of aromatic nitrogens is 5. The maximum atomic E-state index is 8.93. The van der Waals surface area contributed by atoms with Gasteiger partial charge in [-0.3, -0.25) is 19.4 Å². The number of anilines is 3. The quantitative estimate of drug-likeness (QED) is 0.593. The SMILES string of the molecule is Cc1cc(Nc2nc(NC3CC4CC[C@@H](C3)N4CCC#N)n3ccncc23)n[nH]1. The molecule has 0 aliphatic carbocycles. The standard InChI is InChI=1S/C20H25N9/c1-13-9-18(27-26-13)24-19-17-12-22-6-8-29(17)20(25-19)23-14-10-15-3-4-16(11-14)28(15)7-2-5-21/h6,8-9,12,14-16H,2-4,7,10-11H2,1H3,(H,23,25)(H2,24,26,27)/t14?,15-,16?/m0/s1. The van der Waals surface area contributed by atoms with Gasteiger partial charge in [-0.1, -0.05) is 0 Å². The number of piperidine rings is 1. The minimum atomic E-state index is 0.380. The first-order valence-corrected chi connectivity index (χ1v) is 10.2. The molecule has 9 heteroatoms. The number of hydrogen-bond donors (Lipinski definition) is 3. The first-order chi connectivity index (χ1) is 14.2. The lowest BCUT2D eigenvalue weighted by atomic mass is 9.97. The van der Waals surface area contributed by atoms with E-state index in [1.807, 2.05) is 29.8 Å². The van der Waals surface area contributed by atoms with Gasteiger partial charge in [-0.25, -0.2) is 0 Å². The maximum Gasteiger partial charge on any atom is 0.209 e. The van der Waals surface area contributed by atoms with Crippen LogP contribution in [-0.2, 0) is 0 Å². The van der Waals surface area contributed by atoms with Crippen molar-refractivity contribution in [3.63, 3.8) is 0 Å². The van der Waals surface area contributed by atoms with Gasteiger partial charge in [-0.05, 0) is 32.6 Å². The highest BCUT2D eigenvalue weighted by molar-refractivity contribution is 5.75. The molecule has 2 unspecified atom stereocenters. The van der Waals surface area contributed by atoms with Crippen LogP contribution < -0.4 is 10.6 Å². The summed E-state index contributed by atoms with van der Waals surface area (Å²) in [7, 11) is 0. The molecule has 3 N–H and O–H groups in total. The Bertz CT molecular complexity index is 1030. The van der Waals surface area contributed by atoms with Crippen LogP contribution in [0.1, 0.15) is 37.8 Å². The Balaban J connectivity index is 1.36. The summed E-state index contributed by atoms with van der Waals surface area (Å²) in [4.78, 5) is 11.6. The first-order valence-electron chi connectivity index (χ1n) is 10.2. The van der Waals surface area contributed by atoms with Crippen molar-refractivity contribution in [3.05, 3.63) is 30.4 Å². The molecule has 3 atom stereocenters. The Morgan fingerprint density at radius 2 is 2.14 bits per heavy atom. The van der Waals surface area contributed by atoms with Gasteiger partial charge >= 0.3 is 0 Å². The third-order valence-corrected chi connectivity index (χ3v) is 6.10. The molecule has 0 aromatic carbocycles. The number of hydrogen-bond acceptors (Lipinski definition) is 7. The molecule has 0 spiro atoms. The molecule has 2 fully saturated rings. The molecule has 150 valence electrons. The molecule has 29 heavy (non-hydrogen) atoms. The van der Waals surface area contributed by atoms with Crippen LogP contribution in [0.4, 0.5) is 17.6 Å². The van der Waals surface area contributed by atoms with Crippen molar-refractivity contribution in [3.8, 4) is 6.07 Å². The zero-order valence-corrected chi connectivity index (χ0v) is 16.5. The predicted molar refractivity (Wildman–Crippen MR) is 110 cm³/mol. The summed E-state index contributed by atoms with van der Waals surface area (Å²) in [5, 5.41) is 23.1. The van der Waals surface area contributed by atoms with E-state index in [2.05, 4.69) is 36.8 Å². The molecule has 5 rings (SSSR count). The maximum absolute atomic E-state index is 8.93. The molecule has 0 saturated carbocycles. The van der Waals surface area contributed by atoms with Gasteiger partial charge < -0.3 is 10.6 Å². The molecule has 2 aliphatic rings. The Hall–Kier alpha value is -3.12. The monoisotopic (exact) mass is 391 g/mol. The second kappa shape index (κ2) is 7.37. The number of fused-ring (bicyclic) bond motifs is 3. The summed E-state index contributed by atoms with van der Waals surface area (Å²) in [6.45, 7) is 2.86. The molecule has 3 aromatic heterocycles. The summed E-state index contributed by atoms with van der Waals surface area (Å²) in [5.41, 5.74) is 1.90. The van der Waals surface area contributed by atoms with Crippen LogP contribution in [0, 0.1) is 18.3 Å². The van der Waals surface area contributed by atoms with E-state index in [1.165, 1.54) is 12.8 Å². The lowest BCUT2D eigenvalue weighted by Crippen LogP contribution is -2.47. The van der Waals surface area contributed by atoms with Gasteiger partial charge in [0.1, 0.15) is 5.52 Å². The third-order valence-electron chi connectivity index (χ3n) is 6.10. The molecule has 2 bridgehead atoms. The Labute approximate surface area is 169 Å². The average Bonchev–Trinajstić information content (AvgIpc) is 3.35. The van der Waals surface area contributed by atoms with Gasteiger partial charge in [0, 0.05) is 55.2 Å². The molecule has 0 amide bonds. The predicted octanol–water partition coefficient (Wildman–Crippen LogP) is 2.83. The number of H-pyrrole nitrogens is 1. The Kier molecular flexibility index (Phi) is 4.56. The Morgan fingerprint density at radius 3 is 2.86 bits per heavy atom. The molecule has 3 aromatic rings. The second-order valence-corrected chi connectivity index (χ2v) is 8.02.